The second-order valence-electron chi connectivity index (χ2n) is 5.34. The molecule has 0 saturated carbocycles. The third-order valence-corrected chi connectivity index (χ3v) is 3.49. The minimum Gasteiger partial charge on any atom is -0.507 e. The number of methoxy groups -OCH3 is 1. The second kappa shape index (κ2) is 8.13. The Morgan fingerprint density at radius 2 is 1.96 bits per heavy atom. The largest absolute Gasteiger partial charge is 0.507 e. The molecule has 1 amide bonds. The van der Waals surface area contributed by atoms with Crippen LogP contribution in [0.5, 0.6) is 11.5 Å². The number of halogens is 1. The van der Waals surface area contributed by atoms with E-state index in [2.05, 4.69) is 5.32 Å². The Bertz CT molecular complexity index is 901. The number of anilines is 1. The Balaban J connectivity index is 2.06. The van der Waals surface area contributed by atoms with Crippen molar-refractivity contribution in [2.75, 3.05) is 12.4 Å². The Morgan fingerprint density at radius 3 is 2.56 bits per heavy atom. The van der Waals surface area contributed by atoms with Crippen LogP contribution in [-0.2, 0) is 9.53 Å². The van der Waals surface area contributed by atoms with E-state index in [1.54, 1.807) is 0 Å². The number of nitro benzene ring substituents is 1. The molecule has 0 aliphatic carbocycles. The van der Waals surface area contributed by atoms with Gasteiger partial charge in [0, 0.05) is 17.8 Å². The van der Waals surface area contributed by atoms with E-state index < -0.39 is 34.4 Å². The number of carbonyl (C=O) groups excluding carboxylic acids is 2. The van der Waals surface area contributed by atoms with Gasteiger partial charge in [0.25, 0.3) is 5.91 Å². The smallest absolute Gasteiger partial charge is 0.342 e. The van der Waals surface area contributed by atoms with Crippen LogP contribution in [0.2, 0.25) is 0 Å². The molecular weight excluding hydrogens is 363 g/mol. The molecular formula is C17H15FN2O7. The molecule has 27 heavy (non-hydrogen) atoms. The van der Waals surface area contributed by atoms with Crippen molar-refractivity contribution >= 4 is 23.3 Å². The van der Waals surface area contributed by atoms with Gasteiger partial charge in [-0.15, -0.1) is 0 Å². The van der Waals surface area contributed by atoms with Crippen LogP contribution in [0, 0.1) is 15.9 Å². The maximum atomic E-state index is 13.3. The Hall–Kier alpha value is -3.69. The highest BCUT2D eigenvalue weighted by Gasteiger charge is 2.22. The van der Waals surface area contributed by atoms with Crippen molar-refractivity contribution in [3.8, 4) is 11.5 Å². The summed E-state index contributed by atoms with van der Waals surface area (Å²) in [5.41, 5.74) is -1.02. The lowest BCUT2D eigenvalue weighted by Gasteiger charge is -2.14. The predicted octanol–water partition coefficient (Wildman–Crippen LogP) is 2.63. The van der Waals surface area contributed by atoms with Gasteiger partial charge in [-0.2, -0.15) is 4.39 Å². The molecule has 2 aromatic rings. The number of phenolic OH excluding ortho intramolecular Hbond substituents is 1. The number of nitrogens with one attached hydrogen (secondary N) is 1. The highest BCUT2D eigenvalue weighted by molar-refractivity contribution is 5.98. The minimum absolute atomic E-state index is 0.0386. The van der Waals surface area contributed by atoms with E-state index in [-0.39, 0.29) is 17.0 Å². The lowest BCUT2D eigenvalue weighted by atomic mass is 10.2. The minimum atomic E-state index is -1.29. The maximum absolute atomic E-state index is 13.3. The SMILES string of the molecule is COc1ccc(C(=O)O[C@@H](C)C(=O)Nc2ccc(F)c([N+](=O)[O-])c2)c(O)c1. The molecule has 2 rings (SSSR count). The fraction of sp³-hybridized carbons (Fsp3) is 0.176. The number of carbonyl (C=O) groups is 2. The first-order valence-corrected chi connectivity index (χ1v) is 7.55. The third kappa shape index (κ3) is 4.69. The number of phenols is 1. The maximum Gasteiger partial charge on any atom is 0.342 e. The summed E-state index contributed by atoms with van der Waals surface area (Å²) >= 11 is 0. The molecule has 9 nitrogen and oxygen atoms in total. The van der Waals surface area contributed by atoms with Crippen LogP contribution in [-0.4, -0.2) is 35.1 Å². The van der Waals surface area contributed by atoms with E-state index in [9.17, 15) is 29.2 Å². The molecule has 0 aromatic heterocycles. The molecule has 142 valence electrons. The van der Waals surface area contributed by atoms with E-state index >= 15 is 0 Å². The zero-order valence-corrected chi connectivity index (χ0v) is 14.3. The zero-order valence-electron chi connectivity index (χ0n) is 14.3. The van der Waals surface area contributed by atoms with Crippen molar-refractivity contribution in [2.24, 2.45) is 0 Å². The first-order chi connectivity index (χ1) is 12.7. The normalized spacial score (nSPS) is 11.4. The molecule has 0 aliphatic rings. The van der Waals surface area contributed by atoms with Crippen molar-refractivity contribution in [3.63, 3.8) is 0 Å². The van der Waals surface area contributed by atoms with Crippen LogP contribution < -0.4 is 10.1 Å². The average Bonchev–Trinajstić information content (AvgIpc) is 2.62. The molecule has 0 fully saturated rings. The zero-order chi connectivity index (χ0) is 20.1. The molecule has 1 atom stereocenters. The Kier molecular flexibility index (Phi) is 5.91. The van der Waals surface area contributed by atoms with Gasteiger partial charge in [0.2, 0.25) is 5.82 Å². The highest BCUT2D eigenvalue weighted by Crippen LogP contribution is 2.25. The summed E-state index contributed by atoms with van der Waals surface area (Å²) in [5.74, 6) is -2.86. The predicted molar refractivity (Wildman–Crippen MR) is 91.2 cm³/mol. The molecule has 0 bridgehead atoms. The lowest BCUT2D eigenvalue weighted by Crippen LogP contribution is -2.30. The summed E-state index contributed by atoms with van der Waals surface area (Å²) in [5, 5.41) is 22.8. The Morgan fingerprint density at radius 1 is 1.26 bits per heavy atom. The fourth-order valence-electron chi connectivity index (χ4n) is 2.06. The van der Waals surface area contributed by atoms with Crippen LogP contribution in [0.15, 0.2) is 36.4 Å². The summed E-state index contributed by atoms with van der Waals surface area (Å²) in [6.45, 7) is 1.27. The number of esters is 1. The number of aromatic hydroxyl groups is 1. The van der Waals surface area contributed by atoms with Gasteiger partial charge in [-0.1, -0.05) is 0 Å². The van der Waals surface area contributed by atoms with Crippen LogP contribution in [0.4, 0.5) is 15.8 Å². The molecule has 0 heterocycles. The summed E-state index contributed by atoms with van der Waals surface area (Å²) in [6, 6.07) is 6.71. The monoisotopic (exact) mass is 378 g/mol. The molecule has 0 spiro atoms. The van der Waals surface area contributed by atoms with Gasteiger partial charge < -0.3 is 19.9 Å². The van der Waals surface area contributed by atoms with Crippen LogP contribution in [0.1, 0.15) is 17.3 Å². The molecule has 0 unspecified atom stereocenters. The Labute approximate surface area is 152 Å². The number of hydrogen-bond acceptors (Lipinski definition) is 7. The van der Waals surface area contributed by atoms with Crippen molar-refractivity contribution in [3.05, 3.63) is 57.9 Å². The van der Waals surface area contributed by atoms with E-state index in [4.69, 9.17) is 9.47 Å². The van der Waals surface area contributed by atoms with Gasteiger partial charge in [-0.3, -0.25) is 14.9 Å². The van der Waals surface area contributed by atoms with E-state index in [0.717, 1.165) is 18.2 Å². The topological polar surface area (TPSA) is 128 Å². The summed E-state index contributed by atoms with van der Waals surface area (Å²) in [7, 11) is 1.39. The molecule has 0 saturated heterocycles. The first-order valence-electron chi connectivity index (χ1n) is 7.55. The van der Waals surface area contributed by atoms with Crippen molar-refractivity contribution < 1.29 is 33.5 Å². The van der Waals surface area contributed by atoms with Gasteiger partial charge in [0.05, 0.1) is 12.0 Å². The first kappa shape index (κ1) is 19.6. The number of rotatable bonds is 6. The van der Waals surface area contributed by atoms with Gasteiger partial charge in [0.15, 0.2) is 6.10 Å². The fourth-order valence-corrected chi connectivity index (χ4v) is 2.06. The van der Waals surface area contributed by atoms with Crippen LogP contribution in [0.3, 0.4) is 0 Å². The average molecular weight is 378 g/mol. The number of ether oxygens (including phenoxy) is 2. The molecule has 0 aliphatic heterocycles. The molecule has 2 aromatic carbocycles. The van der Waals surface area contributed by atoms with Gasteiger partial charge >= 0.3 is 11.7 Å². The number of nitro groups is 1. The van der Waals surface area contributed by atoms with Crippen LogP contribution in [0.25, 0.3) is 0 Å². The van der Waals surface area contributed by atoms with E-state index in [0.29, 0.717) is 5.75 Å². The van der Waals surface area contributed by atoms with Gasteiger partial charge in [-0.25, -0.2) is 4.79 Å². The van der Waals surface area contributed by atoms with Crippen LogP contribution >= 0.6 is 0 Å². The van der Waals surface area contributed by atoms with Gasteiger partial charge in [0.1, 0.15) is 17.1 Å². The standard InChI is InChI=1S/C17H15FN2O7/c1-9(27-17(23)12-5-4-11(26-2)8-15(12)21)16(22)19-10-3-6-13(18)14(7-10)20(24)25/h3-9,21H,1-2H3,(H,19,22)/t9-/m0/s1. The quantitative estimate of drug-likeness (QED) is 0.449. The third-order valence-electron chi connectivity index (χ3n) is 3.49. The molecule has 2 N–H and O–H groups in total. The summed E-state index contributed by atoms with van der Waals surface area (Å²) in [4.78, 5) is 34.0. The molecule has 0 radical (unpaired) electrons. The second-order valence-corrected chi connectivity index (χ2v) is 5.34. The number of amides is 1. The number of nitrogens with zero attached hydrogens (tertiary/aromatic N) is 1. The van der Waals surface area contributed by atoms with E-state index in [1.165, 1.54) is 32.2 Å². The van der Waals surface area contributed by atoms with E-state index in [1.807, 2.05) is 0 Å². The summed E-state index contributed by atoms with van der Waals surface area (Å²) in [6.07, 6.45) is -1.29. The number of benzene rings is 2. The van der Waals surface area contributed by atoms with Gasteiger partial charge in [-0.05, 0) is 31.2 Å². The van der Waals surface area contributed by atoms with Crippen molar-refractivity contribution in [1.82, 2.24) is 0 Å². The van der Waals surface area contributed by atoms with Crippen molar-refractivity contribution in [1.29, 1.82) is 0 Å². The lowest BCUT2D eigenvalue weighted by molar-refractivity contribution is -0.387. The van der Waals surface area contributed by atoms with Crippen molar-refractivity contribution in [2.45, 2.75) is 13.0 Å². The molecule has 10 heteroatoms. The highest BCUT2D eigenvalue weighted by atomic mass is 19.1. The number of hydrogen-bond donors (Lipinski definition) is 2. The summed E-state index contributed by atoms with van der Waals surface area (Å²) < 4.78 is 23.2.